The van der Waals surface area contributed by atoms with Crippen LogP contribution >= 0.6 is 23.1 Å². The van der Waals surface area contributed by atoms with Gasteiger partial charge >= 0.3 is 5.97 Å². The van der Waals surface area contributed by atoms with E-state index in [1.165, 1.54) is 29.2 Å². The summed E-state index contributed by atoms with van der Waals surface area (Å²) in [5.74, 6) is -0.993. The standard InChI is InChI=1S/C13H11NO3S2/c15-11(8-19-9-4-2-1-3-5-9)14-12-10(13(16)17)6-7-18-12/h1-7H,8H2,(H,14,15)(H,16,17). The van der Waals surface area contributed by atoms with Crippen molar-refractivity contribution >= 4 is 40.0 Å². The molecular weight excluding hydrogens is 282 g/mol. The Hall–Kier alpha value is -1.79. The van der Waals surface area contributed by atoms with Gasteiger partial charge in [0.2, 0.25) is 5.91 Å². The highest BCUT2D eigenvalue weighted by molar-refractivity contribution is 8.00. The molecule has 0 radical (unpaired) electrons. The lowest BCUT2D eigenvalue weighted by Gasteiger charge is -2.04. The number of rotatable bonds is 5. The Kier molecular flexibility index (Phi) is 4.59. The molecular formula is C13H11NO3S2. The first-order valence-corrected chi connectivity index (χ1v) is 7.32. The summed E-state index contributed by atoms with van der Waals surface area (Å²) in [4.78, 5) is 23.6. The summed E-state index contributed by atoms with van der Waals surface area (Å²) in [6, 6.07) is 11.0. The molecule has 98 valence electrons. The summed E-state index contributed by atoms with van der Waals surface area (Å²) in [6.45, 7) is 0. The third-order valence-corrected chi connectivity index (χ3v) is 4.10. The first-order chi connectivity index (χ1) is 9.16. The van der Waals surface area contributed by atoms with E-state index in [9.17, 15) is 9.59 Å². The van der Waals surface area contributed by atoms with Gasteiger partial charge in [0.15, 0.2) is 0 Å². The zero-order valence-corrected chi connectivity index (χ0v) is 11.5. The van der Waals surface area contributed by atoms with Gasteiger partial charge in [0.25, 0.3) is 0 Å². The number of anilines is 1. The van der Waals surface area contributed by atoms with Gasteiger partial charge in [-0.05, 0) is 23.6 Å². The van der Waals surface area contributed by atoms with Crippen molar-refractivity contribution in [2.24, 2.45) is 0 Å². The molecule has 2 N–H and O–H groups in total. The molecule has 2 aromatic rings. The van der Waals surface area contributed by atoms with Crippen LogP contribution in [0.15, 0.2) is 46.7 Å². The van der Waals surface area contributed by atoms with Gasteiger partial charge in [-0.3, -0.25) is 4.79 Å². The average molecular weight is 293 g/mol. The minimum Gasteiger partial charge on any atom is -0.478 e. The van der Waals surface area contributed by atoms with Crippen molar-refractivity contribution in [2.75, 3.05) is 11.1 Å². The Bertz CT molecular complexity index is 581. The smallest absolute Gasteiger partial charge is 0.338 e. The van der Waals surface area contributed by atoms with E-state index in [-0.39, 0.29) is 17.2 Å². The fourth-order valence-corrected chi connectivity index (χ4v) is 2.92. The van der Waals surface area contributed by atoms with E-state index in [2.05, 4.69) is 5.32 Å². The highest BCUT2D eigenvalue weighted by Crippen LogP contribution is 2.24. The predicted octanol–water partition coefficient (Wildman–Crippen LogP) is 3.18. The van der Waals surface area contributed by atoms with Gasteiger partial charge in [-0.1, -0.05) is 18.2 Å². The van der Waals surface area contributed by atoms with E-state index >= 15 is 0 Å². The van der Waals surface area contributed by atoms with E-state index < -0.39 is 5.97 Å². The Balaban J connectivity index is 1.91. The van der Waals surface area contributed by atoms with Crippen LogP contribution in [-0.2, 0) is 4.79 Å². The lowest BCUT2D eigenvalue weighted by molar-refractivity contribution is -0.113. The predicted molar refractivity (Wildman–Crippen MR) is 77.1 cm³/mol. The fourth-order valence-electron chi connectivity index (χ4n) is 1.40. The second-order valence-electron chi connectivity index (χ2n) is 3.62. The van der Waals surface area contributed by atoms with Crippen molar-refractivity contribution in [3.05, 3.63) is 47.3 Å². The van der Waals surface area contributed by atoms with E-state index in [4.69, 9.17) is 5.11 Å². The van der Waals surface area contributed by atoms with E-state index in [1.54, 1.807) is 5.38 Å². The summed E-state index contributed by atoms with van der Waals surface area (Å²) in [5.41, 5.74) is 0.128. The number of benzene rings is 1. The molecule has 0 atom stereocenters. The average Bonchev–Trinajstić information content (AvgIpc) is 2.86. The molecule has 0 aliphatic carbocycles. The van der Waals surface area contributed by atoms with Crippen molar-refractivity contribution in [3.63, 3.8) is 0 Å². The van der Waals surface area contributed by atoms with Gasteiger partial charge in [-0.25, -0.2) is 4.79 Å². The summed E-state index contributed by atoms with van der Waals surface area (Å²) in [7, 11) is 0. The molecule has 4 nitrogen and oxygen atoms in total. The number of amides is 1. The van der Waals surface area contributed by atoms with Gasteiger partial charge in [0, 0.05) is 4.90 Å². The number of thiophene rings is 1. The number of carboxylic acids is 1. The van der Waals surface area contributed by atoms with Crippen LogP contribution in [0.1, 0.15) is 10.4 Å². The number of carbonyl (C=O) groups is 2. The SMILES string of the molecule is O=C(CSc1ccccc1)Nc1sccc1C(=O)O. The molecule has 0 aliphatic heterocycles. The molecule has 0 unspecified atom stereocenters. The first-order valence-electron chi connectivity index (χ1n) is 5.45. The molecule has 19 heavy (non-hydrogen) atoms. The van der Waals surface area contributed by atoms with Crippen molar-refractivity contribution in [1.82, 2.24) is 0 Å². The van der Waals surface area contributed by atoms with Crippen LogP contribution in [0.2, 0.25) is 0 Å². The van der Waals surface area contributed by atoms with Crippen molar-refractivity contribution in [1.29, 1.82) is 0 Å². The Morgan fingerprint density at radius 2 is 1.95 bits per heavy atom. The Labute approximate surface area is 118 Å². The number of carbonyl (C=O) groups excluding carboxylic acids is 1. The zero-order chi connectivity index (χ0) is 13.7. The lowest BCUT2D eigenvalue weighted by atomic mass is 10.3. The molecule has 1 heterocycles. The Morgan fingerprint density at radius 3 is 2.63 bits per heavy atom. The number of hydrogen-bond acceptors (Lipinski definition) is 4. The van der Waals surface area contributed by atoms with Gasteiger partial charge < -0.3 is 10.4 Å². The van der Waals surface area contributed by atoms with Crippen molar-refractivity contribution in [3.8, 4) is 0 Å². The van der Waals surface area contributed by atoms with Crippen LogP contribution in [0.3, 0.4) is 0 Å². The number of thioether (sulfide) groups is 1. The third kappa shape index (κ3) is 3.84. The zero-order valence-electron chi connectivity index (χ0n) is 9.83. The molecule has 1 amide bonds. The molecule has 2 rings (SSSR count). The second-order valence-corrected chi connectivity index (χ2v) is 5.58. The molecule has 0 fully saturated rings. The van der Waals surface area contributed by atoms with Crippen molar-refractivity contribution < 1.29 is 14.7 Å². The van der Waals surface area contributed by atoms with E-state index in [0.717, 1.165) is 4.90 Å². The van der Waals surface area contributed by atoms with Gasteiger partial charge in [-0.2, -0.15) is 0 Å². The monoisotopic (exact) mass is 293 g/mol. The quantitative estimate of drug-likeness (QED) is 0.831. The molecule has 0 saturated carbocycles. The van der Waals surface area contributed by atoms with E-state index in [0.29, 0.717) is 5.00 Å². The van der Waals surface area contributed by atoms with Gasteiger partial charge in [0.1, 0.15) is 5.00 Å². The molecule has 1 aromatic carbocycles. The summed E-state index contributed by atoms with van der Waals surface area (Å²) in [5, 5.41) is 13.6. The number of carboxylic acid groups (broad SMARTS) is 1. The maximum Gasteiger partial charge on any atom is 0.338 e. The minimum absolute atomic E-state index is 0.128. The van der Waals surface area contributed by atoms with Gasteiger partial charge in [0.05, 0.1) is 11.3 Å². The van der Waals surface area contributed by atoms with Crippen LogP contribution in [0.25, 0.3) is 0 Å². The molecule has 1 aromatic heterocycles. The van der Waals surface area contributed by atoms with Crippen molar-refractivity contribution in [2.45, 2.75) is 4.90 Å². The topological polar surface area (TPSA) is 66.4 Å². The fraction of sp³-hybridized carbons (Fsp3) is 0.0769. The third-order valence-electron chi connectivity index (χ3n) is 2.26. The largest absolute Gasteiger partial charge is 0.478 e. The number of nitrogens with one attached hydrogen (secondary N) is 1. The second kappa shape index (κ2) is 6.40. The highest BCUT2D eigenvalue weighted by Gasteiger charge is 2.13. The molecule has 0 spiro atoms. The summed E-state index contributed by atoms with van der Waals surface area (Å²) >= 11 is 2.62. The van der Waals surface area contributed by atoms with Crippen LogP contribution in [0.4, 0.5) is 5.00 Å². The maximum atomic E-state index is 11.7. The molecule has 0 aliphatic rings. The van der Waals surface area contributed by atoms with Gasteiger partial charge in [-0.15, -0.1) is 23.1 Å². The number of hydrogen-bond donors (Lipinski definition) is 2. The lowest BCUT2D eigenvalue weighted by Crippen LogP contribution is -2.15. The first kappa shape index (κ1) is 13.6. The maximum absolute atomic E-state index is 11.7. The molecule has 6 heteroatoms. The van der Waals surface area contributed by atoms with Crippen LogP contribution in [0.5, 0.6) is 0 Å². The summed E-state index contributed by atoms with van der Waals surface area (Å²) in [6.07, 6.45) is 0. The van der Waals surface area contributed by atoms with Crippen LogP contribution in [0, 0.1) is 0 Å². The normalized spacial score (nSPS) is 10.1. The highest BCUT2D eigenvalue weighted by atomic mass is 32.2. The molecule has 0 saturated heterocycles. The minimum atomic E-state index is -1.03. The molecule has 0 bridgehead atoms. The Morgan fingerprint density at radius 1 is 1.21 bits per heavy atom. The van der Waals surface area contributed by atoms with Crippen LogP contribution in [-0.4, -0.2) is 22.7 Å². The summed E-state index contributed by atoms with van der Waals surface area (Å²) < 4.78 is 0. The number of aromatic carboxylic acids is 1. The van der Waals surface area contributed by atoms with Crippen LogP contribution < -0.4 is 5.32 Å². The van der Waals surface area contributed by atoms with E-state index in [1.807, 2.05) is 30.3 Å².